The molecule has 0 radical (unpaired) electrons. The average molecular weight is 258 g/mol. The second-order valence-corrected chi connectivity index (χ2v) is 4.48. The van der Waals surface area contributed by atoms with E-state index >= 15 is 0 Å². The molecule has 3 nitrogen and oxygen atoms in total. The molecular formula is C13H20ClNO2. The molecular weight excluding hydrogens is 238 g/mol. The Morgan fingerprint density at radius 1 is 1.29 bits per heavy atom. The number of hydrogen-bond acceptors (Lipinski definition) is 3. The predicted molar refractivity (Wildman–Crippen MR) is 70.5 cm³/mol. The molecule has 1 saturated carbocycles. The molecule has 0 unspecified atom stereocenters. The zero-order valence-electron chi connectivity index (χ0n) is 10.0. The summed E-state index contributed by atoms with van der Waals surface area (Å²) in [6.45, 7) is 0. The van der Waals surface area contributed by atoms with Crippen molar-refractivity contribution in [1.82, 2.24) is 0 Å². The summed E-state index contributed by atoms with van der Waals surface area (Å²) in [5.41, 5.74) is 7.02. The quantitative estimate of drug-likeness (QED) is 0.870. The van der Waals surface area contributed by atoms with Crippen LogP contribution in [-0.2, 0) is 0 Å². The summed E-state index contributed by atoms with van der Waals surface area (Å²) in [7, 11) is 1.64. The topological polar surface area (TPSA) is 55.5 Å². The lowest BCUT2D eigenvalue weighted by Gasteiger charge is -2.33. The van der Waals surface area contributed by atoms with Crippen molar-refractivity contribution >= 4 is 12.4 Å². The number of halogens is 1. The SMILES string of the molecule is COc1ccc([C@H](N)[C@H](O)C2CCC2)cc1.Cl. The molecule has 3 N–H and O–H groups in total. The van der Waals surface area contributed by atoms with Crippen LogP contribution in [0.4, 0.5) is 0 Å². The van der Waals surface area contributed by atoms with Gasteiger partial charge in [-0.3, -0.25) is 0 Å². The highest BCUT2D eigenvalue weighted by atomic mass is 35.5. The van der Waals surface area contributed by atoms with Gasteiger partial charge in [-0.2, -0.15) is 0 Å². The number of hydrogen-bond donors (Lipinski definition) is 2. The fraction of sp³-hybridized carbons (Fsp3) is 0.538. The number of rotatable bonds is 4. The second-order valence-electron chi connectivity index (χ2n) is 4.48. The summed E-state index contributed by atoms with van der Waals surface area (Å²) in [6.07, 6.45) is 3.01. The van der Waals surface area contributed by atoms with Crippen molar-refractivity contribution in [2.45, 2.75) is 31.4 Å². The first kappa shape index (κ1) is 14.3. The monoisotopic (exact) mass is 257 g/mol. The van der Waals surface area contributed by atoms with E-state index in [-0.39, 0.29) is 18.4 Å². The van der Waals surface area contributed by atoms with E-state index in [1.165, 1.54) is 6.42 Å². The summed E-state index contributed by atoms with van der Waals surface area (Å²) in [5.74, 6) is 1.20. The van der Waals surface area contributed by atoms with E-state index in [9.17, 15) is 5.11 Å². The van der Waals surface area contributed by atoms with Crippen molar-refractivity contribution in [3.05, 3.63) is 29.8 Å². The van der Waals surface area contributed by atoms with Gasteiger partial charge in [0, 0.05) is 0 Å². The van der Waals surface area contributed by atoms with Gasteiger partial charge in [0.2, 0.25) is 0 Å². The van der Waals surface area contributed by atoms with Crippen molar-refractivity contribution in [2.24, 2.45) is 11.7 Å². The Morgan fingerprint density at radius 2 is 1.88 bits per heavy atom. The summed E-state index contributed by atoms with van der Waals surface area (Å²) in [5, 5.41) is 10.1. The highest BCUT2D eigenvalue weighted by Gasteiger charge is 2.30. The fourth-order valence-corrected chi connectivity index (χ4v) is 2.10. The Kier molecular flexibility index (Phi) is 5.25. The van der Waals surface area contributed by atoms with E-state index < -0.39 is 6.10 Å². The molecule has 1 aliphatic carbocycles. The van der Waals surface area contributed by atoms with Gasteiger partial charge in [0.05, 0.1) is 19.3 Å². The Balaban J connectivity index is 0.00000144. The van der Waals surface area contributed by atoms with E-state index in [0.717, 1.165) is 24.2 Å². The predicted octanol–water partition coefficient (Wildman–Crippen LogP) is 2.28. The minimum absolute atomic E-state index is 0. The lowest BCUT2D eigenvalue weighted by Crippen LogP contribution is -2.36. The van der Waals surface area contributed by atoms with E-state index in [2.05, 4.69) is 0 Å². The molecule has 17 heavy (non-hydrogen) atoms. The largest absolute Gasteiger partial charge is 0.497 e. The smallest absolute Gasteiger partial charge is 0.118 e. The molecule has 1 fully saturated rings. The fourth-order valence-electron chi connectivity index (χ4n) is 2.10. The zero-order chi connectivity index (χ0) is 11.5. The van der Waals surface area contributed by atoms with Gasteiger partial charge in [-0.1, -0.05) is 18.6 Å². The standard InChI is InChI=1S/C13H19NO2.ClH/c1-16-11-7-5-9(6-8-11)12(14)13(15)10-3-2-4-10;/h5-8,10,12-13,15H,2-4,14H2,1H3;1H/t12-,13+;/m0./s1. The molecule has 0 aromatic heterocycles. The van der Waals surface area contributed by atoms with E-state index in [1.54, 1.807) is 7.11 Å². The van der Waals surface area contributed by atoms with E-state index in [0.29, 0.717) is 5.92 Å². The molecule has 2 rings (SSSR count). The Hall–Kier alpha value is -0.770. The second kappa shape index (κ2) is 6.24. The molecule has 96 valence electrons. The van der Waals surface area contributed by atoms with Crippen LogP contribution < -0.4 is 10.5 Å². The molecule has 0 heterocycles. The van der Waals surface area contributed by atoms with Crippen molar-refractivity contribution < 1.29 is 9.84 Å². The maximum atomic E-state index is 10.1. The van der Waals surface area contributed by atoms with Gasteiger partial charge in [0.25, 0.3) is 0 Å². The molecule has 0 amide bonds. The Morgan fingerprint density at radius 3 is 2.29 bits per heavy atom. The van der Waals surface area contributed by atoms with Crippen LogP contribution in [0, 0.1) is 5.92 Å². The van der Waals surface area contributed by atoms with Gasteiger partial charge in [0.15, 0.2) is 0 Å². The van der Waals surface area contributed by atoms with Crippen molar-refractivity contribution in [2.75, 3.05) is 7.11 Å². The third-order valence-corrected chi connectivity index (χ3v) is 3.50. The van der Waals surface area contributed by atoms with Crippen LogP contribution in [0.1, 0.15) is 30.9 Å². The number of ether oxygens (including phenoxy) is 1. The molecule has 0 spiro atoms. The first-order valence-electron chi connectivity index (χ1n) is 5.80. The lowest BCUT2D eigenvalue weighted by atomic mass is 9.77. The van der Waals surface area contributed by atoms with Crippen LogP contribution in [0.2, 0.25) is 0 Å². The molecule has 4 heteroatoms. The van der Waals surface area contributed by atoms with Crippen molar-refractivity contribution in [3.63, 3.8) is 0 Å². The first-order valence-corrected chi connectivity index (χ1v) is 5.80. The van der Waals surface area contributed by atoms with Crippen LogP contribution in [0.15, 0.2) is 24.3 Å². The van der Waals surface area contributed by atoms with Crippen LogP contribution >= 0.6 is 12.4 Å². The van der Waals surface area contributed by atoms with Gasteiger partial charge in [0.1, 0.15) is 5.75 Å². The van der Waals surface area contributed by atoms with Crippen LogP contribution in [0.5, 0.6) is 5.75 Å². The first-order chi connectivity index (χ1) is 7.72. The highest BCUT2D eigenvalue weighted by Crippen LogP contribution is 2.34. The summed E-state index contributed by atoms with van der Waals surface area (Å²) in [6, 6.07) is 7.32. The molecule has 1 aromatic rings. The summed E-state index contributed by atoms with van der Waals surface area (Å²) < 4.78 is 5.09. The van der Waals surface area contributed by atoms with Gasteiger partial charge in [-0.05, 0) is 36.5 Å². The van der Waals surface area contributed by atoms with Gasteiger partial charge >= 0.3 is 0 Å². The van der Waals surface area contributed by atoms with E-state index in [4.69, 9.17) is 10.5 Å². The number of benzene rings is 1. The van der Waals surface area contributed by atoms with Gasteiger partial charge in [-0.25, -0.2) is 0 Å². The van der Waals surface area contributed by atoms with Crippen molar-refractivity contribution in [1.29, 1.82) is 0 Å². The minimum atomic E-state index is -0.415. The molecule has 1 aromatic carbocycles. The van der Waals surface area contributed by atoms with Crippen LogP contribution in [0.25, 0.3) is 0 Å². The summed E-state index contributed by atoms with van der Waals surface area (Å²) >= 11 is 0. The molecule has 0 aliphatic heterocycles. The maximum absolute atomic E-state index is 10.1. The third-order valence-electron chi connectivity index (χ3n) is 3.50. The van der Waals surface area contributed by atoms with Crippen LogP contribution in [0.3, 0.4) is 0 Å². The average Bonchev–Trinajstić information content (AvgIpc) is 2.26. The molecule has 0 saturated heterocycles. The molecule has 1 aliphatic rings. The highest BCUT2D eigenvalue weighted by molar-refractivity contribution is 5.85. The van der Waals surface area contributed by atoms with Crippen LogP contribution in [-0.4, -0.2) is 18.3 Å². The third kappa shape index (κ3) is 3.12. The minimum Gasteiger partial charge on any atom is -0.497 e. The van der Waals surface area contributed by atoms with Crippen molar-refractivity contribution in [3.8, 4) is 5.75 Å². The lowest BCUT2D eigenvalue weighted by molar-refractivity contribution is 0.0413. The normalized spacial score (nSPS) is 18.8. The number of aliphatic hydroxyl groups is 1. The summed E-state index contributed by atoms with van der Waals surface area (Å²) in [4.78, 5) is 0. The van der Waals surface area contributed by atoms with Gasteiger partial charge < -0.3 is 15.6 Å². The maximum Gasteiger partial charge on any atom is 0.118 e. The van der Waals surface area contributed by atoms with Gasteiger partial charge in [-0.15, -0.1) is 12.4 Å². The molecule has 0 bridgehead atoms. The Labute approximate surface area is 108 Å². The number of aliphatic hydroxyl groups excluding tert-OH is 1. The number of methoxy groups -OCH3 is 1. The number of nitrogens with two attached hydrogens (primary N) is 1. The zero-order valence-corrected chi connectivity index (χ0v) is 10.8. The molecule has 2 atom stereocenters. The Bertz CT molecular complexity index is 338. The van der Waals surface area contributed by atoms with E-state index in [1.807, 2.05) is 24.3 Å².